The van der Waals surface area contributed by atoms with Gasteiger partial charge in [-0.15, -0.1) is 0 Å². The van der Waals surface area contributed by atoms with Crippen LogP contribution in [-0.4, -0.2) is 31.7 Å². The summed E-state index contributed by atoms with van der Waals surface area (Å²) in [5, 5.41) is 3.64. The van der Waals surface area contributed by atoms with Crippen LogP contribution in [0.15, 0.2) is 42.5 Å². The van der Waals surface area contributed by atoms with Crippen LogP contribution in [-0.2, 0) is 0 Å². The molecule has 6 heteroatoms. The van der Waals surface area contributed by atoms with Gasteiger partial charge in [0.15, 0.2) is 11.5 Å². The molecule has 2 aromatic rings. The lowest BCUT2D eigenvalue weighted by Crippen LogP contribution is -2.34. The Hall–Kier alpha value is -2.40. The summed E-state index contributed by atoms with van der Waals surface area (Å²) < 4.78 is 10.5. The van der Waals surface area contributed by atoms with Crippen molar-refractivity contribution in [2.24, 2.45) is 0 Å². The molecule has 1 fully saturated rings. The molecule has 2 aromatic carbocycles. The van der Waals surface area contributed by atoms with Crippen molar-refractivity contribution in [1.82, 2.24) is 4.90 Å². The van der Waals surface area contributed by atoms with Gasteiger partial charge < -0.3 is 19.7 Å². The van der Waals surface area contributed by atoms with Crippen LogP contribution in [0.2, 0.25) is 5.02 Å². The van der Waals surface area contributed by atoms with E-state index < -0.39 is 0 Å². The number of carbonyl (C=O) groups is 1. The number of nitrogens with zero attached hydrogens (tertiary/aromatic N) is 1. The standard InChI is InChI=1S/C19H21ClN2O3/c1-24-17-10-9-15(12-18(17)25-2)21-19(23)22-11-3-4-16(22)13-5-7-14(20)8-6-13/h5-10,12,16H,3-4,11H2,1-2H3,(H,21,23)/t16-/m1/s1. The molecule has 0 aliphatic carbocycles. The van der Waals surface area contributed by atoms with Crippen molar-refractivity contribution < 1.29 is 14.3 Å². The predicted octanol–water partition coefficient (Wildman–Crippen LogP) is 4.73. The summed E-state index contributed by atoms with van der Waals surface area (Å²) in [6, 6.07) is 13.0. The minimum absolute atomic E-state index is 0.0670. The maximum atomic E-state index is 12.7. The average molecular weight is 361 g/mol. The molecule has 1 aliphatic rings. The Morgan fingerprint density at radius 3 is 2.52 bits per heavy atom. The van der Waals surface area contributed by atoms with E-state index in [1.165, 1.54) is 0 Å². The first-order valence-electron chi connectivity index (χ1n) is 8.17. The van der Waals surface area contributed by atoms with Crippen LogP contribution in [0.3, 0.4) is 0 Å². The highest BCUT2D eigenvalue weighted by molar-refractivity contribution is 6.30. The number of benzene rings is 2. The number of hydrogen-bond donors (Lipinski definition) is 1. The maximum Gasteiger partial charge on any atom is 0.322 e. The minimum Gasteiger partial charge on any atom is -0.493 e. The third kappa shape index (κ3) is 3.82. The van der Waals surface area contributed by atoms with Crippen molar-refractivity contribution in [3.05, 3.63) is 53.1 Å². The Kier molecular flexibility index (Phi) is 5.34. The second-order valence-electron chi connectivity index (χ2n) is 5.90. The van der Waals surface area contributed by atoms with E-state index in [9.17, 15) is 4.79 Å². The number of amides is 2. The second-order valence-corrected chi connectivity index (χ2v) is 6.34. The molecule has 1 N–H and O–H groups in total. The summed E-state index contributed by atoms with van der Waals surface area (Å²) in [5.41, 5.74) is 1.77. The van der Waals surface area contributed by atoms with Gasteiger partial charge in [-0.1, -0.05) is 23.7 Å². The lowest BCUT2D eigenvalue weighted by Gasteiger charge is -2.25. The molecule has 2 amide bonds. The maximum absolute atomic E-state index is 12.7. The Balaban J connectivity index is 1.75. The van der Waals surface area contributed by atoms with E-state index in [1.807, 2.05) is 29.2 Å². The zero-order valence-corrected chi connectivity index (χ0v) is 15.0. The molecule has 1 atom stereocenters. The van der Waals surface area contributed by atoms with Gasteiger partial charge in [-0.25, -0.2) is 4.79 Å². The van der Waals surface area contributed by atoms with E-state index >= 15 is 0 Å². The molecule has 0 saturated carbocycles. The van der Waals surface area contributed by atoms with Crippen molar-refractivity contribution in [3.63, 3.8) is 0 Å². The van der Waals surface area contributed by atoms with Gasteiger partial charge in [-0.3, -0.25) is 0 Å². The molecular weight excluding hydrogens is 340 g/mol. The quantitative estimate of drug-likeness (QED) is 0.857. The SMILES string of the molecule is COc1ccc(NC(=O)N2CCC[C@@H]2c2ccc(Cl)cc2)cc1OC. The van der Waals surface area contributed by atoms with Crippen LogP contribution in [0.1, 0.15) is 24.4 Å². The molecule has 0 bridgehead atoms. The van der Waals surface area contributed by atoms with Crippen LogP contribution in [0.5, 0.6) is 11.5 Å². The number of methoxy groups -OCH3 is 2. The molecule has 0 unspecified atom stereocenters. The first-order chi connectivity index (χ1) is 12.1. The van der Waals surface area contributed by atoms with Gasteiger partial charge in [0.05, 0.1) is 20.3 Å². The fourth-order valence-corrected chi connectivity index (χ4v) is 3.28. The third-order valence-corrected chi connectivity index (χ3v) is 4.66. The topological polar surface area (TPSA) is 50.8 Å². The molecule has 1 aliphatic heterocycles. The zero-order valence-electron chi connectivity index (χ0n) is 14.3. The number of likely N-dealkylation sites (tertiary alicyclic amines) is 1. The number of halogens is 1. The number of ether oxygens (including phenoxy) is 2. The first-order valence-corrected chi connectivity index (χ1v) is 8.55. The molecule has 1 saturated heterocycles. The van der Waals surface area contributed by atoms with E-state index in [4.69, 9.17) is 21.1 Å². The van der Waals surface area contributed by atoms with Crippen molar-refractivity contribution in [1.29, 1.82) is 0 Å². The van der Waals surface area contributed by atoms with E-state index in [0.717, 1.165) is 24.9 Å². The van der Waals surface area contributed by atoms with Gasteiger partial charge in [0.1, 0.15) is 0 Å². The van der Waals surface area contributed by atoms with Gasteiger partial charge in [-0.05, 0) is 42.7 Å². The number of urea groups is 1. The second kappa shape index (κ2) is 7.66. The van der Waals surface area contributed by atoms with Crippen molar-refractivity contribution in [3.8, 4) is 11.5 Å². The summed E-state index contributed by atoms with van der Waals surface area (Å²) in [5.74, 6) is 1.21. The predicted molar refractivity (Wildman–Crippen MR) is 98.7 cm³/mol. The number of nitrogens with one attached hydrogen (secondary N) is 1. The van der Waals surface area contributed by atoms with E-state index in [-0.39, 0.29) is 12.1 Å². The van der Waals surface area contributed by atoms with Gasteiger partial charge in [0, 0.05) is 23.3 Å². The lowest BCUT2D eigenvalue weighted by molar-refractivity contribution is 0.207. The fraction of sp³-hybridized carbons (Fsp3) is 0.316. The summed E-state index contributed by atoms with van der Waals surface area (Å²) in [4.78, 5) is 14.6. The highest BCUT2D eigenvalue weighted by Gasteiger charge is 2.30. The molecule has 1 heterocycles. The van der Waals surface area contributed by atoms with Crippen molar-refractivity contribution in [2.75, 3.05) is 26.1 Å². The van der Waals surface area contributed by atoms with Gasteiger partial charge in [-0.2, -0.15) is 0 Å². The first kappa shape index (κ1) is 17.4. The average Bonchev–Trinajstić information content (AvgIpc) is 3.12. The smallest absolute Gasteiger partial charge is 0.322 e. The number of carbonyl (C=O) groups excluding carboxylic acids is 1. The van der Waals surface area contributed by atoms with Crippen molar-refractivity contribution >= 4 is 23.3 Å². The largest absolute Gasteiger partial charge is 0.493 e. The fourth-order valence-electron chi connectivity index (χ4n) is 3.15. The molecule has 132 valence electrons. The molecule has 25 heavy (non-hydrogen) atoms. The summed E-state index contributed by atoms with van der Waals surface area (Å²) in [6.07, 6.45) is 1.92. The molecule has 3 rings (SSSR count). The Morgan fingerprint density at radius 2 is 1.84 bits per heavy atom. The van der Waals surface area contributed by atoms with Crippen LogP contribution in [0, 0.1) is 0 Å². The Bertz CT molecular complexity index is 749. The van der Waals surface area contributed by atoms with E-state index in [0.29, 0.717) is 22.2 Å². The highest BCUT2D eigenvalue weighted by atomic mass is 35.5. The highest BCUT2D eigenvalue weighted by Crippen LogP contribution is 2.34. The summed E-state index contributed by atoms with van der Waals surface area (Å²) in [7, 11) is 3.15. The monoisotopic (exact) mass is 360 g/mol. The van der Waals surface area contributed by atoms with Crippen LogP contribution < -0.4 is 14.8 Å². The van der Waals surface area contributed by atoms with Crippen LogP contribution >= 0.6 is 11.6 Å². The number of rotatable bonds is 4. The molecule has 0 spiro atoms. The van der Waals surface area contributed by atoms with Crippen LogP contribution in [0.4, 0.5) is 10.5 Å². The van der Waals surface area contributed by atoms with Gasteiger partial charge in [0.25, 0.3) is 0 Å². The van der Waals surface area contributed by atoms with E-state index in [1.54, 1.807) is 32.4 Å². The normalized spacial score (nSPS) is 16.6. The van der Waals surface area contributed by atoms with E-state index in [2.05, 4.69) is 5.32 Å². The summed E-state index contributed by atoms with van der Waals surface area (Å²) in [6.45, 7) is 0.729. The molecular formula is C19H21ClN2O3. The van der Waals surface area contributed by atoms with Gasteiger partial charge in [0.2, 0.25) is 0 Å². The summed E-state index contributed by atoms with van der Waals surface area (Å²) >= 11 is 5.96. The molecule has 0 radical (unpaired) electrons. The van der Waals surface area contributed by atoms with Crippen molar-refractivity contribution in [2.45, 2.75) is 18.9 Å². The van der Waals surface area contributed by atoms with Crippen LogP contribution in [0.25, 0.3) is 0 Å². The zero-order chi connectivity index (χ0) is 17.8. The lowest BCUT2D eigenvalue weighted by atomic mass is 10.1. The molecule has 5 nitrogen and oxygen atoms in total. The minimum atomic E-state index is -0.121. The number of anilines is 1. The third-order valence-electron chi connectivity index (χ3n) is 4.40. The number of hydrogen-bond acceptors (Lipinski definition) is 3. The Morgan fingerprint density at radius 1 is 1.12 bits per heavy atom. The van der Waals surface area contributed by atoms with Gasteiger partial charge >= 0.3 is 6.03 Å². The Labute approximate surface area is 152 Å². The molecule has 0 aromatic heterocycles.